The standard InChI is InChI=1S/C21H21NO5/c1-25-16-9-10-18(20(12-16)26-2)21(24)22(14-17-7-5-11-27-17)13-15-6-3-4-8-19(15)23/h3-12,23H,13-14H2,1-2H3. The van der Waals surface area contributed by atoms with Gasteiger partial charge in [0.05, 0.1) is 39.1 Å². The molecule has 3 aromatic rings. The van der Waals surface area contributed by atoms with E-state index in [4.69, 9.17) is 13.9 Å². The predicted molar refractivity (Wildman–Crippen MR) is 99.9 cm³/mol. The van der Waals surface area contributed by atoms with Gasteiger partial charge in [-0.1, -0.05) is 18.2 Å². The largest absolute Gasteiger partial charge is 0.508 e. The first kappa shape index (κ1) is 18.4. The Morgan fingerprint density at radius 3 is 2.52 bits per heavy atom. The second-order valence-electron chi connectivity index (χ2n) is 5.94. The number of ether oxygens (including phenoxy) is 2. The van der Waals surface area contributed by atoms with Gasteiger partial charge < -0.3 is 23.9 Å². The van der Waals surface area contributed by atoms with Crippen molar-refractivity contribution in [2.24, 2.45) is 0 Å². The third-order valence-corrected chi connectivity index (χ3v) is 4.21. The molecule has 140 valence electrons. The Balaban J connectivity index is 1.94. The van der Waals surface area contributed by atoms with Crippen LogP contribution >= 0.6 is 0 Å². The summed E-state index contributed by atoms with van der Waals surface area (Å²) in [5, 5.41) is 10.1. The summed E-state index contributed by atoms with van der Waals surface area (Å²) in [5.41, 5.74) is 1.05. The van der Waals surface area contributed by atoms with Crippen LogP contribution < -0.4 is 9.47 Å². The maximum absolute atomic E-state index is 13.2. The third-order valence-electron chi connectivity index (χ3n) is 4.21. The van der Waals surface area contributed by atoms with Crippen molar-refractivity contribution in [1.82, 2.24) is 4.90 Å². The number of hydrogen-bond acceptors (Lipinski definition) is 5. The van der Waals surface area contributed by atoms with Crippen molar-refractivity contribution in [2.75, 3.05) is 14.2 Å². The molecule has 2 aromatic carbocycles. The van der Waals surface area contributed by atoms with E-state index in [9.17, 15) is 9.90 Å². The highest BCUT2D eigenvalue weighted by Crippen LogP contribution is 2.28. The van der Waals surface area contributed by atoms with Crippen LogP contribution in [-0.2, 0) is 13.1 Å². The van der Waals surface area contributed by atoms with E-state index < -0.39 is 0 Å². The molecule has 3 rings (SSSR count). The van der Waals surface area contributed by atoms with E-state index in [1.165, 1.54) is 7.11 Å². The van der Waals surface area contributed by atoms with Crippen LogP contribution in [0.1, 0.15) is 21.7 Å². The fraction of sp³-hybridized carbons (Fsp3) is 0.190. The van der Waals surface area contributed by atoms with Crippen molar-refractivity contribution >= 4 is 5.91 Å². The van der Waals surface area contributed by atoms with E-state index in [0.717, 1.165) is 0 Å². The molecule has 0 radical (unpaired) electrons. The zero-order valence-electron chi connectivity index (χ0n) is 15.2. The Kier molecular flexibility index (Phi) is 5.66. The van der Waals surface area contributed by atoms with Crippen LogP contribution in [0.5, 0.6) is 17.2 Å². The molecular weight excluding hydrogens is 346 g/mol. The molecule has 6 heteroatoms. The minimum absolute atomic E-state index is 0.136. The van der Waals surface area contributed by atoms with Crippen molar-refractivity contribution in [3.63, 3.8) is 0 Å². The molecule has 0 saturated carbocycles. The normalized spacial score (nSPS) is 10.4. The first-order chi connectivity index (χ1) is 13.1. The number of phenolic OH excluding ortho intramolecular Hbond substituents is 1. The number of phenols is 1. The Bertz CT molecular complexity index is 905. The lowest BCUT2D eigenvalue weighted by Gasteiger charge is -2.23. The van der Waals surface area contributed by atoms with Crippen LogP contribution in [0.4, 0.5) is 0 Å². The second-order valence-corrected chi connectivity index (χ2v) is 5.94. The maximum Gasteiger partial charge on any atom is 0.258 e. The summed E-state index contributed by atoms with van der Waals surface area (Å²) in [6, 6.07) is 15.5. The van der Waals surface area contributed by atoms with Crippen molar-refractivity contribution in [3.05, 3.63) is 77.7 Å². The summed E-state index contributed by atoms with van der Waals surface area (Å²) < 4.78 is 16.0. The summed E-state index contributed by atoms with van der Waals surface area (Å²) in [6.07, 6.45) is 1.56. The van der Waals surface area contributed by atoms with Crippen LogP contribution in [-0.4, -0.2) is 30.1 Å². The summed E-state index contributed by atoms with van der Waals surface area (Å²) >= 11 is 0. The molecule has 1 N–H and O–H groups in total. The number of carbonyl (C=O) groups is 1. The van der Waals surface area contributed by atoms with Gasteiger partial charge in [0.15, 0.2) is 0 Å². The Morgan fingerprint density at radius 1 is 1.04 bits per heavy atom. The molecule has 0 unspecified atom stereocenters. The third kappa shape index (κ3) is 4.23. The van der Waals surface area contributed by atoms with Crippen molar-refractivity contribution in [2.45, 2.75) is 13.1 Å². The number of aromatic hydroxyl groups is 1. The lowest BCUT2D eigenvalue weighted by atomic mass is 10.1. The highest BCUT2D eigenvalue weighted by Gasteiger charge is 2.22. The minimum atomic E-state index is -0.242. The number of hydrogen-bond donors (Lipinski definition) is 1. The van der Waals surface area contributed by atoms with Crippen LogP contribution in [0, 0.1) is 0 Å². The number of furan rings is 1. The number of amides is 1. The molecule has 1 amide bonds. The molecule has 0 atom stereocenters. The molecule has 0 aliphatic rings. The monoisotopic (exact) mass is 367 g/mol. The molecule has 0 aliphatic carbocycles. The fourth-order valence-electron chi connectivity index (χ4n) is 2.79. The Hall–Kier alpha value is -3.41. The minimum Gasteiger partial charge on any atom is -0.508 e. The number of carbonyl (C=O) groups excluding carboxylic acids is 1. The number of para-hydroxylation sites is 1. The van der Waals surface area contributed by atoms with Gasteiger partial charge in [0.2, 0.25) is 0 Å². The molecule has 1 heterocycles. The zero-order valence-corrected chi connectivity index (χ0v) is 15.2. The number of rotatable bonds is 7. The molecule has 0 bridgehead atoms. The van der Waals surface area contributed by atoms with Gasteiger partial charge in [-0.05, 0) is 30.3 Å². The predicted octanol–water partition coefficient (Wildman–Crippen LogP) is 3.85. The van der Waals surface area contributed by atoms with Gasteiger partial charge in [-0.25, -0.2) is 0 Å². The van der Waals surface area contributed by atoms with Gasteiger partial charge in [0, 0.05) is 11.6 Å². The lowest BCUT2D eigenvalue weighted by Crippen LogP contribution is -2.30. The van der Waals surface area contributed by atoms with Crippen LogP contribution in [0.15, 0.2) is 65.3 Å². The smallest absolute Gasteiger partial charge is 0.258 e. The van der Waals surface area contributed by atoms with E-state index >= 15 is 0 Å². The average molecular weight is 367 g/mol. The van der Waals surface area contributed by atoms with E-state index in [-0.39, 0.29) is 24.7 Å². The number of benzene rings is 2. The van der Waals surface area contributed by atoms with Gasteiger partial charge in [0.1, 0.15) is 23.0 Å². The van der Waals surface area contributed by atoms with E-state index in [1.807, 2.05) is 6.07 Å². The summed E-state index contributed by atoms with van der Waals surface area (Å²) in [5.74, 6) is 1.56. The zero-order chi connectivity index (χ0) is 19.2. The second kappa shape index (κ2) is 8.31. The van der Waals surface area contributed by atoms with Gasteiger partial charge >= 0.3 is 0 Å². The average Bonchev–Trinajstić information content (AvgIpc) is 3.21. The molecule has 6 nitrogen and oxygen atoms in total. The van der Waals surface area contributed by atoms with Gasteiger partial charge in [0.25, 0.3) is 5.91 Å². The molecule has 1 aromatic heterocycles. The number of methoxy groups -OCH3 is 2. The quantitative estimate of drug-likeness (QED) is 0.687. The van der Waals surface area contributed by atoms with Crippen LogP contribution in [0.25, 0.3) is 0 Å². The first-order valence-electron chi connectivity index (χ1n) is 8.43. The molecule has 0 fully saturated rings. The summed E-state index contributed by atoms with van der Waals surface area (Å²) in [7, 11) is 3.06. The fourth-order valence-corrected chi connectivity index (χ4v) is 2.79. The van der Waals surface area contributed by atoms with Crippen molar-refractivity contribution in [1.29, 1.82) is 0 Å². The lowest BCUT2D eigenvalue weighted by molar-refractivity contribution is 0.0713. The van der Waals surface area contributed by atoms with E-state index in [2.05, 4.69) is 0 Å². The highest BCUT2D eigenvalue weighted by molar-refractivity contribution is 5.97. The maximum atomic E-state index is 13.2. The first-order valence-corrected chi connectivity index (χ1v) is 8.43. The highest BCUT2D eigenvalue weighted by atomic mass is 16.5. The van der Waals surface area contributed by atoms with E-state index in [0.29, 0.717) is 28.4 Å². The Morgan fingerprint density at radius 2 is 1.85 bits per heavy atom. The van der Waals surface area contributed by atoms with Gasteiger partial charge in [-0.2, -0.15) is 0 Å². The topological polar surface area (TPSA) is 72.1 Å². The molecular formula is C21H21NO5. The molecule has 27 heavy (non-hydrogen) atoms. The molecule has 0 spiro atoms. The molecule has 0 saturated heterocycles. The van der Waals surface area contributed by atoms with Crippen molar-refractivity contribution in [3.8, 4) is 17.2 Å². The SMILES string of the molecule is COc1ccc(C(=O)N(Cc2ccco2)Cc2ccccc2O)c(OC)c1. The summed E-state index contributed by atoms with van der Waals surface area (Å²) in [6.45, 7) is 0.483. The van der Waals surface area contributed by atoms with E-state index in [1.54, 1.807) is 66.8 Å². The van der Waals surface area contributed by atoms with Crippen LogP contribution in [0.3, 0.4) is 0 Å². The van der Waals surface area contributed by atoms with Crippen molar-refractivity contribution < 1.29 is 23.8 Å². The Labute approximate surface area is 157 Å². The van der Waals surface area contributed by atoms with Gasteiger partial charge in [-0.15, -0.1) is 0 Å². The summed E-state index contributed by atoms with van der Waals surface area (Å²) in [4.78, 5) is 14.8. The number of nitrogens with zero attached hydrogens (tertiary/aromatic N) is 1. The van der Waals surface area contributed by atoms with Crippen LogP contribution in [0.2, 0.25) is 0 Å². The van der Waals surface area contributed by atoms with Gasteiger partial charge in [-0.3, -0.25) is 4.79 Å². The molecule has 0 aliphatic heterocycles.